The molecule has 0 fully saturated rings. The van der Waals surface area contributed by atoms with Crippen LogP contribution < -0.4 is 4.72 Å². The van der Waals surface area contributed by atoms with Crippen molar-refractivity contribution >= 4 is 21.2 Å². The van der Waals surface area contributed by atoms with Crippen molar-refractivity contribution in [2.75, 3.05) is 6.54 Å². The third kappa shape index (κ3) is 4.58. The van der Waals surface area contributed by atoms with Crippen molar-refractivity contribution in [3.8, 4) is 0 Å². The Kier molecular flexibility index (Phi) is 5.92. The predicted octanol–water partition coefficient (Wildman–Crippen LogP) is 3.50. The minimum Gasteiger partial charge on any atom is -0.311 e. The molecule has 4 aromatic rings. The van der Waals surface area contributed by atoms with Crippen molar-refractivity contribution < 1.29 is 8.42 Å². The average Bonchev–Trinajstić information content (AvgIpc) is 3.10. The van der Waals surface area contributed by atoms with Crippen molar-refractivity contribution in [1.82, 2.24) is 19.3 Å². The Balaban J connectivity index is 1.51. The number of aromatic nitrogens is 3. The summed E-state index contributed by atoms with van der Waals surface area (Å²) in [5.41, 5.74) is 3.74. The first-order valence-corrected chi connectivity index (χ1v) is 11.4. The number of imidazole rings is 1. The first kappa shape index (κ1) is 20.3. The Bertz CT molecular complexity index is 1250. The van der Waals surface area contributed by atoms with E-state index in [1.807, 2.05) is 47.9 Å². The average molecular weight is 421 g/mol. The monoisotopic (exact) mass is 420 g/mol. The van der Waals surface area contributed by atoms with Gasteiger partial charge in [-0.25, -0.2) is 23.1 Å². The number of pyridine rings is 1. The molecule has 30 heavy (non-hydrogen) atoms. The van der Waals surface area contributed by atoms with Crippen LogP contribution in [-0.4, -0.2) is 29.5 Å². The lowest BCUT2D eigenvalue weighted by molar-refractivity contribution is 0.570. The topological polar surface area (TPSA) is 76.9 Å². The zero-order valence-electron chi connectivity index (χ0n) is 16.8. The summed E-state index contributed by atoms with van der Waals surface area (Å²) in [6, 6.07) is 20.9. The van der Waals surface area contributed by atoms with Crippen molar-refractivity contribution in [2.24, 2.45) is 0 Å². The van der Waals surface area contributed by atoms with Gasteiger partial charge in [-0.1, -0.05) is 42.5 Å². The van der Waals surface area contributed by atoms with Gasteiger partial charge in [0.05, 0.1) is 4.90 Å². The highest BCUT2D eigenvalue weighted by atomic mass is 32.2. The lowest BCUT2D eigenvalue weighted by atomic mass is 10.1. The molecule has 0 amide bonds. The molecule has 154 valence electrons. The van der Waals surface area contributed by atoms with Gasteiger partial charge in [-0.15, -0.1) is 0 Å². The van der Waals surface area contributed by atoms with Crippen LogP contribution in [-0.2, 0) is 29.4 Å². The summed E-state index contributed by atoms with van der Waals surface area (Å²) < 4.78 is 30.0. The predicted molar refractivity (Wildman–Crippen MR) is 118 cm³/mol. The Morgan fingerprint density at radius 1 is 0.967 bits per heavy atom. The van der Waals surface area contributed by atoms with Gasteiger partial charge in [0.1, 0.15) is 11.3 Å². The Morgan fingerprint density at radius 2 is 1.80 bits per heavy atom. The third-order valence-corrected chi connectivity index (χ3v) is 6.45. The summed E-state index contributed by atoms with van der Waals surface area (Å²) in [6.07, 6.45) is 3.35. The highest BCUT2D eigenvalue weighted by Gasteiger charge is 2.16. The second kappa shape index (κ2) is 8.77. The Morgan fingerprint density at radius 3 is 2.60 bits per heavy atom. The van der Waals surface area contributed by atoms with Crippen LogP contribution in [0, 0.1) is 6.92 Å². The van der Waals surface area contributed by atoms with Crippen LogP contribution >= 0.6 is 0 Å². The molecule has 0 radical (unpaired) electrons. The third-order valence-electron chi connectivity index (χ3n) is 4.99. The second-order valence-corrected chi connectivity index (χ2v) is 8.99. The molecule has 4 rings (SSSR count). The van der Waals surface area contributed by atoms with Crippen LogP contribution in [0.15, 0.2) is 77.8 Å². The number of rotatable bonds is 8. The van der Waals surface area contributed by atoms with E-state index in [2.05, 4.69) is 21.8 Å². The first-order chi connectivity index (χ1) is 14.5. The fraction of sp³-hybridized carbons (Fsp3) is 0.217. The largest absolute Gasteiger partial charge is 0.311 e. The maximum absolute atomic E-state index is 12.6. The van der Waals surface area contributed by atoms with Crippen molar-refractivity contribution in [2.45, 2.75) is 31.2 Å². The minimum atomic E-state index is -3.56. The molecule has 0 aliphatic carbocycles. The quantitative estimate of drug-likeness (QED) is 0.473. The van der Waals surface area contributed by atoms with Gasteiger partial charge in [0, 0.05) is 25.7 Å². The van der Waals surface area contributed by atoms with E-state index in [0.29, 0.717) is 6.54 Å². The van der Waals surface area contributed by atoms with Gasteiger partial charge >= 0.3 is 0 Å². The van der Waals surface area contributed by atoms with E-state index >= 15 is 0 Å². The number of hydrogen-bond acceptors (Lipinski definition) is 4. The van der Waals surface area contributed by atoms with Crippen LogP contribution in [0.1, 0.15) is 17.0 Å². The zero-order chi connectivity index (χ0) is 21.0. The Labute approximate surface area is 176 Å². The van der Waals surface area contributed by atoms with Crippen molar-refractivity contribution in [3.63, 3.8) is 0 Å². The molecule has 0 spiro atoms. The van der Waals surface area contributed by atoms with E-state index in [9.17, 15) is 8.42 Å². The SMILES string of the molecule is Cc1cccc(S(=O)(=O)NCCn2c(CCc3ccccc3)nc3cccnc32)c1. The summed E-state index contributed by atoms with van der Waals surface area (Å²) >= 11 is 0. The van der Waals surface area contributed by atoms with E-state index in [4.69, 9.17) is 4.98 Å². The van der Waals surface area contributed by atoms with Gasteiger partial charge in [0.2, 0.25) is 10.0 Å². The van der Waals surface area contributed by atoms with Gasteiger partial charge < -0.3 is 4.57 Å². The van der Waals surface area contributed by atoms with Crippen molar-refractivity contribution in [3.05, 3.63) is 89.9 Å². The normalized spacial score (nSPS) is 11.8. The molecular formula is C23H24N4O2S. The van der Waals surface area contributed by atoms with Gasteiger partial charge in [0.25, 0.3) is 0 Å². The second-order valence-electron chi connectivity index (χ2n) is 7.23. The van der Waals surface area contributed by atoms with Gasteiger partial charge in [-0.2, -0.15) is 0 Å². The van der Waals surface area contributed by atoms with Gasteiger partial charge in [-0.05, 0) is 48.7 Å². The molecule has 1 N–H and O–H groups in total. The number of sulfonamides is 1. The lowest BCUT2D eigenvalue weighted by Gasteiger charge is -2.11. The molecule has 0 aliphatic heterocycles. The summed E-state index contributed by atoms with van der Waals surface area (Å²) in [4.78, 5) is 9.48. The van der Waals surface area contributed by atoms with E-state index in [-0.39, 0.29) is 11.4 Å². The Hall–Kier alpha value is -3.03. The molecule has 0 atom stereocenters. The number of benzene rings is 2. The zero-order valence-corrected chi connectivity index (χ0v) is 17.6. The number of hydrogen-bond donors (Lipinski definition) is 1. The number of nitrogens with one attached hydrogen (secondary N) is 1. The van der Waals surface area contributed by atoms with Crippen LogP contribution in [0.2, 0.25) is 0 Å². The molecule has 0 aliphatic rings. The molecule has 2 aromatic carbocycles. The molecule has 0 saturated heterocycles. The molecule has 7 heteroatoms. The van der Waals surface area contributed by atoms with E-state index < -0.39 is 10.0 Å². The molecule has 2 aromatic heterocycles. The molecule has 0 bridgehead atoms. The molecule has 0 unspecified atom stereocenters. The number of fused-ring (bicyclic) bond motifs is 1. The van der Waals surface area contributed by atoms with Crippen LogP contribution in [0.4, 0.5) is 0 Å². The molecular weight excluding hydrogens is 396 g/mol. The summed E-state index contributed by atoms with van der Waals surface area (Å²) in [5.74, 6) is 0.905. The van der Waals surface area contributed by atoms with Crippen molar-refractivity contribution in [1.29, 1.82) is 0 Å². The highest BCUT2D eigenvalue weighted by Crippen LogP contribution is 2.16. The highest BCUT2D eigenvalue weighted by molar-refractivity contribution is 7.89. The van der Waals surface area contributed by atoms with Gasteiger partial charge in [-0.3, -0.25) is 0 Å². The molecule has 0 saturated carbocycles. The van der Waals surface area contributed by atoms with E-state index in [0.717, 1.165) is 35.4 Å². The standard InChI is InChI=1S/C23H24N4O2S/c1-18-7-5-10-20(17-18)30(28,29)25-15-16-27-22(13-12-19-8-3-2-4-9-19)26-21-11-6-14-24-23(21)27/h2-11,14,17,25H,12-13,15-16H2,1H3. The van der Waals surface area contributed by atoms with Gasteiger partial charge in [0.15, 0.2) is 5.65 Å². The number of aryl methyl sites for hydroxylation is 3. The lowest BCUT2D eigenvalue weighted by Crippen LogP contribution is -2.28. The maximum atomic E-state index is 12.6. The molecule has 2 heterocycles. The fourth-order valence-electron chi connectivity index (χ4n) is 3.49. The summed E-state index contributed by atoms with van der Waals surface area (Å²) in [6.45, 7) is 2.60. The van der Waals surface area contributed by atoms with E-state index in [1.54, 1.807) is 24.4 Å². The fourth-order valence-corrected chi connectivity index (χ4v) is 4.62. The maximum Gasteiger partial charge on any atom is 0.240 e. The summed E-state index contributed by atoms with van der Waals surface area (Å²) in [5, 5.41) is 0. The van der Waals surface area contributed by atoms with Crippen LogP contribution in [0.3, 0.4) is 0 Å². The molecule has 6 nitrogen and oxygen atoms in total. The first-order valence-electron chi connectivity index (χ1n) is 9.93. The van der Waals surface area contributed by atoms with E-state index in [1.165, 1.54) is 5.56 Å². The van der Waals surface area contributed by atoms with Crippen LogP contribution in [0.5, 0.6) is 0 Å². The smallest absolute Gasteiger partial charge is 0.240 e. The minimum absolute atomic E-state index is 0.261. The number of nitrogens with zero attached hydrogens (tertiary/aromatic N) is 3. The van der Waals surface area contributed by atoms with Crippen LogP contribution in [0.25, 0.3) is 11.2 Å². The summed E-state index contributed by atoms with van der Waals surface area (Å²) in [7, 11) is -3.56.